The van der Waals surface area contributed by atoms with Crippen LogP contribution in [0.1, 0.15) is 0 Å². The molecule has 5 N–H and O–H groups in total. The molecule has 154 valence electrons. The third-order valence-corrected chi connectivity index (χ3v) is 5.95. The number of phenolic OH excluding ortho intramolecular Hbond substituents is 5. The first-order valence-electron chi connectivity index (χ1n) is 9.36. The molecule has 0 fully saturated rings. The fourth-order valence-electron chi connectivity index (χ4n) is 3.92. The van der Waals surface area contributed by atoms with Gasteiger partial charge in [-0.15, -0.1) is 0 Å². The third kappa shape index (κ3) is 2.78. The molecule has 0 radical (unpaired) electrons. The highest BCUT2D eigenvalue weighted by atomic mass is 79.9. The van der Waals surface area contributed by atoms with Crippen LogP contribution in [0.5, 0.6) is 28.7 Å². The smallest absolute Gasteiger partial charge is 0.208 e. The molecule has 1 aromatic heterocycles. The zero-order chi connectivity index (χ0) is 21.9. The second kappa shape index (κ2) is 6.85. The first-order valence-corrected chi connectivity index (χ1v) is 10.2. The minimum atomic E-state index is -0.989. The Bertz CT molecular complexity index is 1460. The van der Waals surface area contributed by atoms with Crippen molar-refractivity contribution in [2.45, 2.75) is 0 Å². The van der Waals surface area contributed by atoms with E-state index in [1.54, 1.807) is 10.6 Å². The first kappa shape index (κ1) is 19.1. The molecular weight excluding hydrogens is 462 g/mol. The van der Waals surface area contributed by atoms with Crippen molar-refractivity contribution >= 4 is 37.7 Å². The Hall–Kier alpha value is -3.84. The molecule has 0 saturated carbocycles. The number of benzene rings is 4. The SMILES string of the molecule is Oc1c(O)c(O)c(-n2c3ccccc3c3cc(-c4ccc(Br)cc4)ccc32)c(O)c1O. The average molecular weight is 478 g/mol. The van der Waals surface area contributed by atoms with E-state index in [1.807, 2.05) is 60.7 Å². The topological polar surface area (TPSA) is 106 Å². The molecule has 0 atom stereocenters. The van der Waals surface area contributed by atoms with Gasteiger partial charge in [-0.05, 0) is 41.5 Å². The van der Waals surface area contributed by atoms with Crippen molar-refractivity contribution < 1.29 is 25.5 Å². The third-order valence-electron chi connectivity index (χ3n) is 5.42. The van der Waals surface area contributed by atoms with E-state index >= 15 is 0 Å². The molecule has 6 nitrogen and oxygen atoms in total. The predicted octanol–water partition coefficient (Wildman–Crippen LogP) is 5.74. The van der Waals surface area contributed by atoms with Crippen molar-refractivity contribution in [3.05, 3.63) is 71.2 Å². The van der Waals surface area contributed by atoms with E-state index < -0.39 is 28.7 Å². The molecule has 0 spiro atoms. The van der Waals surface area contributed by atoms with Gasteiger partial charge in [0.25, 0.3) is 0 Å². The molecule has 7 heteroatoms. The van der Waals surface area contributed by atoms with Crippen LogP contribution in [-0.4, -0.2) is 30.1 Å². The summed E-state index contributed by atoms with van der Waals surface area (Å²) in [5, 5.41) is 52.6. The van der Waals surface area contributed by atoms with Crippen molar-refractivity contribution in [1.82, 2.24) is 4.57 Å². The summed E-state index contributed by atoms with van der Waals surface area (Å²) in [7, 11) is 0. The number of aromatic hydroxyl groups is 5. The Labute approximate surface area is 184 Å². The van der Waals surface area contributed by atoms with Gasteiger partial charge in [0.15, 0.2) is 11.5 Å². The van der Waals surface area contributed by atoms with E-state index in [0.29, 0.717) is 11.0 Å². The molecular formula is C24H16BrNO5. The van der Waals surface area contributed by atoms with Gasteiger partial charge in [-0.1, -0.05) is 52.3 Å². The maximum Gasteiger partial charge on any atom is 0.208 e. The van der Waals surface area contributed by atoms with Crippen LogP contribution in [0.2, 0.25) is 0 Å². The number of para-hydroxylation sites is 1. The molecule has 0 aliphatic rings. The van der Waals surface area contributed by atoms with E-state index in [1.165, 1.54) is 0 Å². The van der Waals surface area contributed by atoms with Crippen LogP contribution in [0, 0.1) is 0 Å². The largest absolute Gasteiger partial charge is 0.503 e. The van der Waals surface area contributed by atoms with Crippen molar-refractivity contribution in [2.75, 3.05) is 0 Å². The van der Waals surface area contributed by atoms with E-state index in [4.69, 9.17) is 0 Å². The highest BCUT2D eigenvalue weighted by molar-refractivity contribution is 9.10. The Morgan fingerprint density at radius 3 is 1.77 bits per heavy atom. The van der Waals surface area contributed by atoms with Gasteiger partial charge in [0.05, 0.1) is 11.0 Å². The molecule has 5 aromatic rings. The van der Waals surface area contributed by atoms with Crippen LogP contribution in [-0.2, 0) is 0 Å². The summed E-state index contributed by atoms with van der Waals surface area (Å²) in [6, 6.07) is 21.1. The molecule has 0 bridgehead atoms. The fourth-order valence-corrected chi connectivity index (χ4v) is 4.18. The van der Waals surface area contributed by atoms with E-state index in [0.717, 1.165) is 26.4 Å². The summed E-state index contributed by atoms with van der Waals surface area (Å²) in [4.78, 5) is 0. The molecule has 0 aliphatic carbocycles. The lowest BCUT2D eigenvalue weighted by atomic mass is 10.0. The van der Waals surface area contributed by atoms with Gasteiger partial charge >= 0.3 is 0 Å². The lowest BCUT2D eigenvalue weighted by Gasteiger charge is -2.15. The van der Waals surface area contributed by atoms with Crippen LogP contribution in [0.4, 0.5) is 0 Å². The van der Waals surface area contributed by atoms with Crippen molar-refractivity contribution in [3.63, 3.8) is 0 Å². The highest BCUT2D eigenvalue weighted by Gasteiger charge is 2.27. The van der Waals surface area contributed by atoms with Crippen LogP contribution in [0.15, 0.2) is 71.2 Å². The normalized spacial score (nSPS) is 11.4. The molecule has 5 rings (SSSR count). The first-order chi connectivity index (χ1) is 14.9. The van der Waals surface area contributed by atoms with Gasteiger partial charge in [-0.3, -0.25) is 0 Å². The standard InChI is InChI=1S/C24H16BrNO5/c25-14-8-5-12(6-9-14)13-7-10-18-16(11-13)15-3-1-2-4-17(15)26(18)19-20(27)22(29)24(31)23(30)21(19)28/h1-11,27-31H. The van der Waals surface area contributed by atoms with Gasteiger partial charge in [-0.2, -0.15) is 0 Å². The average Bonchev–Trinajstić information content (AvgIpc) is 3.11. The Morgan fingerprint density at radius 1 is 0.548 bits per heavy atom. The maximum absolute atomic E-state index is 10.5. The number of halogens is 1. The van der Waals surface area contributed by atoms with Crippen molar-refractivity contribution in [2.24, 2.45) is 0 Å². The molecule has 0 amide bonds. The van der Waals surface area contributed by atoms with Crippen LogP contribution in [0.3, 0.4) is 0 Å². The predicted molar refractivity (Wildman–Crippen MR) is 122 cm³/mol. The highest BCUT2D eigenvalue weighted by Crippen LogP contribution is 2.54. The van der Waals surface area contributed by atoms with Gasteiger partial charge in [0.2, 0.25) is 17.2 Å². The minimum Gasteiger partial charge on any atom is -0.503 e. The molecule has 1 heterocycles. The lowest BCUT2D eigenvalue weighted by Crippen LogP contribution is -1.96. The molecule has 31 heavy (non-hydrogen) atoms. The summed E-state index contributed by atoms with van der Waals surface area (Å²) in [5.74, 6) is -4.30. The summed E-state index contributed by atoms with van der Waals surface area (Å²) in [6.45, 7) is 0. The fraction of sp³-hybridized carbons (Fsp3) is 0. The van der Waals surface area contributed by atoms with Crippen LogP contribution >= 0.6 is 15.9 Å². The Kier molecular flexibility index (Phi) is 4.23. The minimum absolute atomic E-state index is 0.226. The summed E-state index contributed by atoms with van der Waals surface area (Å²) < 4.78 is 2.52. The summed E-state index contributed by atoms with van der Waals surface area (Å²) in [6.07, 6.45) is 0. The van der Waals surface area contributed by atoms with Gasteiger partial charge < -0.3 is 30.1 Å². The van der Waals surface area contributed by atoms with Gasteiger partial charge in [-0.25, -0.2) is 0 Å². The summed E-state index contributed by atoms with van der Waals surface area (Å²) >= 11 is 3.44. The van der Waals surface area contributed by atoms with Crippen LogP contribution < -0.4 is 0 Å². The number of phenols is 5. The van der Waals surface area contributed by atoms with Crippen molar-refractivity contribution in [3.8, 4) is 45.6 Å². The number of fused-ring (bicyclic) bond motifs is 3. The second-order valence-electron chi connectivity index (χ2n) is 7.18. The number of nitrogens with zero attached hydrogens (tertiary/aromatic N) is 1. The van der Waals surface area contributed by atoms with Gasteiger partial charge in [0.1, 0.15) is 5.69 Å². The molecule has 0 unspecified atom stereocenters. The van der Waals surface area contributed by atoms with Crippen molar-refractivity contribution in [1.29, 1.82) is 0 Å². The number of aromatic nitrogens is 1. The lowest BCUT2D eigenvalue weighted by molar-refractivity contribution is 0.327. The monoisotopic (exact) mass is 477 g/mol. The number of hydrogen-bond acceptors (Lipinski definition) is 5. The quantitative estimate of drug-likeness (QED) is 0.164. The Morgan fingerprint density at radius 2 is 1.10 bits per heavy atom. The zero-order valence-electron chi connectivity index (χ0n) is 15.9. The molecule has 0 saturated heterocycles. The molecule has 4 aromatic carbocycles. The van der Waals surface area contributed by atoms with Gasteiger partial charge in [0, 0.05) is 15.2 Å². The molecule has 0 aliphatic heterocycles. The Balaban J connectivity index is 1.88. The van der Waals surface area contributed by atoms with E-state index in [2.05, 4.69) is 15.9 Å². The maximum atomic E-state index is 10.5. The van der Waals surface area contributed by atoms with E-state index in [-0.39, 0.29) is 5.69 Å². The summed E-state index contributed by atoms with van der Waals surface area (Å²) in [5.41, 5.74) is 3.05. The van der Waals surface area contributed by atoms with E-state index in [9.17, 15) is 25.5 Å². The number of hydrogen-bond donors (Lipinski definition) is 5. The zero-order valence-corrected chi connectivity index (χ0v) is 17.5. The number of rotatable bonds is 2. The second-order valence-corrected chi connectivity index (χ2v) is 8.10. The van der Waals surface area contributed by atoms with Crippen LogP contribution in [0.25, 0.3) is 38.6 Å².